The van der Waals surface area contributed by atoms with Gasteiger partial charge in [-0.3, -0.25) is 4.90 Å². The van der Waals surface area contributed by atoms with Crippen LogP contribution in [0.25, 0.3) is 0 Å². The first-order valence-corrected chi connectivity index (χ1v) is 5.67. The van der Waals surface area contributed by atoms with E-state index < -0.39 is 0 Å². The van der Waals surface area contributed by atoms with Crippen molar-refractivity contribution in [3.8, 4) is 0 Å². The quantitative estimate of drug-likeness (QED) is 0.735. The van der Waals surface area contributed by atoms with Crippen molar-refractivity contribution in [1.29, 1.82) is 0 Å². The molecule has 0 radical (unpaired) electrons. The van der Waals surface area contributed by atoms with Crippen LogP contribution in [0.4, 0.5) is 0 Å². The van der Waals surface area contributed by atoms with Gasteiger partial charge in [0, 0.05) is 38.3 Å². The van der Waals surface area contributed by atoms with Crippen LogP contribution in [0, 0.1) is 0 Å². The summed E-state index contributed by atoms with van der Waals surface area (Å²) in [4.78, 5) is 2.57. The van der Waals surface area contributed by atoms with Gasteiger partial charge in [0.15, 0.2) is 0 Å². The summed E-state index contributed by atoms with van der Waals surface area (Å²) >= 11 is 0. The molecule has 0 spiro atoms. The number of nitrogens with one attached hydrogen (secondary N) is 1. The Labute approximate surface area is 87.8 Å². The van der Waals surface area contributed by atoms with E-state index in [2.05, 4.69) is 31.0 Å². The molecule has 1 heterocycles. The van der Waals surface area contributed by atoms with E-state index in [-0.39, 0.29) is 0 Å². The number of rotatable bonds is 4. The van der Waals surface area contributed by atoms with Gasteiger partial charge in [-0.25, -0.2) is 0 Å². The minimum absolute atomic E-state index is 0.537. The topological polar surface area (TPSA) is 24.5 Å². The molecule has 3 heteroatoms. The molecule has 1 aliphatic rings. The average molecular weight is 200 g/mol. The van der Waals surface area contributed by atoms with Crippen LogP contribution in [-0.4, -0.2) is 49.8 Å². The molecule has 1 aliphatic heterocycles. The lowest BCUT2D eigenvalue weighted by molar-refractivity contribution is 0.0424. The smallest absolute Gasteiger partial charge is 0.0615 e. The lowest BCUT2D eigenvalue weighted by Gasteiger charge is -2.42. The zero-order chi connectivity index (χ0) is 10.6. The Morgan fingerprint density at radius 3 is 2.86 bits per heavy atom. The summed E-state index contributed by atoms with van der Waals surface area (Å²) in [5, 5.41) is 3.53. The molecule has 0 aromatic rings. The van der Waals surface area contributed by atoms with Gasteiger partial charge in [-0.2, -0.15) is 0 Å². The maximum atomic E-state index is 5.22. The van der Waals surface area contributed by atoms with Gasteiger partial charge in [0.05, 0.1) is 6.61 Å². The number of hydrogen-bond acceptors (Lipinski definition) is 3. The molecule has 3 unspecified atom stereocenters. The van der Waals surface area contributed by atoms with E-state index in [1.807, 2.05) is 0 Å². The van der Waals surface area contributed by atoms with Gasteiger partial charge in [-0.05, 0) is 20.3 Å². The van der Waals surface area contributed by atoms with Crippen LogP contribution in [0.2, 0.25) is 0 Å². The molecule has 1 N–H and O–H groups in total. The van der Waals surface area contributed by atoms with Crippen molar-refractivity contribution in [1.82, 2.24) is 10.2 Å². The first-order chi connectivity index (χ1) is 6.69. The molecule has 0 amide bonds. The first-order valence-electron chi connectivity index (χ1n) is 5.67. The summed E-state index contributed by atoms with van der Waals surface area (Å²) in [5.74, 6) is 0. The second-order valence-electron chi connectivity index (χ2n) is 4.37. The van der Waals surface area contributed by atoms with Crippen molar-refractivity contribution in [3.05, 3.63) is 0 Å². The Kier molecular flexibility index (Phi) is 4.85. The minimum Gasteiger partial charge on any atom is -0.383 e. The zero-order valence-electron chi connectivity index (χ0n) is 9.92. The van der Waals surface area contributed by atoms with Crippen molar-refractivity contribution < 1.29 is 4.74 Å². The third kappa shape index (κ3) is 2.94. The van der Waals surface area contributed by atoms with Crippen molar-refractivity contribution in [2.45, 2.75) is 45.3 Å². The lowest BCUT2D eigenvalue weighted by Crippen LogP contribution is -2.58. The summed E-state index contributed by atoms with van der Waals surface area (Å²) in [6.45, 7) is 9.86. The minimum atomic E-state index is 0.537. The molecular weight excluding hydrogens is 176 g/mol. The Hall–Kier alpha value is -0.120. The molecule has 0 saturated carbocycles. The summed E-state index contributed by atoms with van der Waals surface area (Å²) in [6.07, 6.45) is 1.22. The molecule has 0 aromatic heterocycles. The molecule has 1 rings (SSSR count). The van der Waals surface area contributed by atoms with E-state index in [0.29, 0.717) is 18.1 Å². The Balaban J connectivity index is 2.51. The maximum absolute atomic E-state index is 5.22. The zero-order valence-corrected chi connectivity index (χ0v) is 9.92. The SMILES string of the molecule is CCC1CNC(C)CN1C(C)COC. The monoisotopic (exact) mass is 200 g/mol. The van der Waals surface area contributed by atoms with Crippen LogP contribution in [0.5, 0.6) is 0 Å². The predicted octanol–water partition coefficient (Wildman–Crippen LogP) is 1.09. The van der Waals surface area contributed by atoms with Gasteiger partial charge < -0.3 is 10.1 Å². The molecule has 84 valence electrons. The molecule has 0 aromatic carbocycles. The van der Waals surface area contributed by atoms with Gasteiger partial charge in [-0.15, -0.1) is 0 Å². The number of methoxy groups -OCH3 is 1. The van der Waals surface area contributed by atoms with Crippen LogP contribution in [0.15, 0.2) is 0 Å². The summed E-state index contributed by atoms with van der Waals surface area (Å²) in [7, 11) is 1.78. The van der Waals surface area contributed by atoms with Crippen LogP contribution in [-0.2, 0) is 4.74 Å². The van der Waals surface area contributed by atoms with Gasteiger partial charge in [0.1, 0.15) is 0 Å². The molecule has 3 atom stereocenters. The first kappa shape index (κ1) is 12.0. The summed E-state index contributed by atoms with van der Waals surface area (Å²) in [5.41, 5.74) is 0. The van der Waals surface area contributed by atoms with E-state index >= 15 is 0 Å². The second kappa shape index (κ2) is 5.69. The van der Waals surface area contributed by atoms with E-state index in [0.717, 1.165) is 19.7 Å². The fraction of sp³-hybridized carbons (Fsp3) is 1.00. The van der Waals surface area contributed by atoms with E-state index in [9.17, 15) is 0 Å². The fourth-order valence-electron chi connectivity index (χ4n) is 2.24. The highest BCUT2D eigenvalue weighted by Gasteiger charge is 2.27. The second-order valence-corrected chi connectivity index (χ2v) is 4.37. The molecule has 0 bridgehead atoms. The number of piperazine rings is 1. The van der Waals surface area contributed by atoms with Crippen LogP contribution >= 0.6 is 0 Å². The van der Waals surface area contributed by atoms with Crippen LogP contribution in [0.3, 0.4) is 0 Å². The van der Waals surface area contributed by atoms with E-state index in [4.69, 9.17) is 4.74 Å². The molecule has 3 nitrogen and oxygen atoms in total. The lowest BCUT2D eigenvalue weighted by atomic mass is 10.1. The van der Waals surface area contributed by atoms with Crippen LogP contribution < -0.4 is 5.32 Å². The van der Waals surface area contributed by atoms with Crippen molar-refractivity contribution in [2.75, 3.05) is 26.8 Å². The summed E-state index contributed by atoms with van der Waals surface area (Å²) < 4.78 is 5.22. The number of ether oxygens (including phenoxy) is 1. The van der Waals surface area contributed by atoms with Gasteiger partial charge >= 0.3 is 0 Å². The highest BCUT2D eigenvalue weighted by molar-refractivity contribution is 4.86. The van der Waals surface area contributed by atoms with Crippen LogP contribution in [0.1, 0.15) is 27.2 Å². The molecule has 1 fully saturated rings. The number of nitrogens with zero attached hydrogens (tertiary/aromatic N) is 1. The number of hydrogen-bond donors (Lipinski definition) is 1. The molecule has 0 aliphatic carbocycles. The van der Waals surface area contributed by atoms with Gasteiger partial charge in [0.25, 0.3) is 0 Å². The Bertz CT molecular complexity index is 163. The highest BCUT2D eigenvalue weighted by Crippen LogP contribution is 2.14. The van der Waals surface area contributed by atoms with E-state index in [1.54, 1.807) is 7.11 Å². The fourth-order valence-corrected chi connectivity index (χ4v) is 2.24. The molecule has 1 saturated heterocycles. The van der Waals surface area contributed by atoms with Crippen molar-refractivity contribution in [3.63, 3.8) is 0 Å². The average Bonchev–Trinajstić information content (AvgIpc) is 2.18. The highest BCUT2D eigenvalue weighted by atomic mass is 16.5. The third-order valence-corrected chi connectivity index (χ3v) is 3.10. The van der Waals surface area contributed by atoms with Gasteiger partial charge in [-0.1, -0.05) is 6.92 Å². The Morgan fingerprint density at radius 1 is 1.57 bits per heavy atom. The summed E-state index contributed by atoms with van der Waals surface area (Å²) in [6, 6.07) is 1.82. The maximum Gasteiger partial charge on any atom is 0.0615 e. The Morgan fingerprint density at radius 2 is 2.29 bits per heavy atom. The van der Waals surface area contributed by atoms with Gasteiger partial charge in [0.2, 0.25) is 0 Å². The van der Waals surface area contributed by atoms with Crippen molar-refractivity contribution in [2.24, 2.45) is 0 Å². The largest absolute Gasteiger partial charge is 0.383 e. The normalized spacial score (nSPS) is 31.7. The standard InChI is InChI=1S/C11H24N2O/c1-5-11-6-12-9(2)7-13(11)10(3)8-14-4/h9-12H,5-8H2,1-4H3. The molecule has 14 heavy (non-hydrogen) atoms. The van der Waals surface area contributed by atoms with Crippen molar-refractivity contribution >= 4 is 0 Å². The molecular formula is C11H24N2O. The third-order valence-electron chi connectivity index (χ3n) is 3.10. The van der Waals surface area contributed by atoms with E-state index in [1.165, 1.54) is 6.42 Å². The predicted molar refractivity (Wildman–Crippen MR) is 59.6 cm³/mol.